The standard InChI is InChI=1S/C29H47N3O5/c1-5-9-19-31(18-8-4)28(36)25-29-15-14-22(37-29)23(26(34)30(16-6-2)17-7-3)24(29)27(35)32(25)20-12-10-11-13-21-33/h6,8,22-25,33H,2,4-5,7,9-21H2,1,3H3/t22-,23+,24+,25?,29?/m1/s1. The van der Waals surface area contributed by atoms with Gasteiger partial charge >= 0.3 is 0 Å². The molecule has 8 heteroatoms. The largest absolute Gasteiger partial charge is 0.396 e. The van der Waals surface area contributed by atoms with E-state index < -0.39 is 23.5 Å². The van der Waals surface area contributed by atoms with Gasteiger partial charge in [-0.2, -0.15) is 0 Å². The van der Waals surface area contributed by atoms with Crippen molar-refractivity contribution in [2.75, 3.05) is 39.3 Å². The molecule has 2 unspecified atom stereocenters. The van der Waals surface area contributed by atoms with Gasteiger partial charge in [0, 0.05) is 39.3 Å². The zero-order valence-corrected chi connectivity index (χ0v) is 22.9. The fraction of sp³-hybridized carbons (Fsp3) is 0.759. The summed E-state index contributed by atoms with van der Waals surface area (Å²) in [5.74, 6) is -1.47. The SMILES string of the molecule is C=CCN(CCCC)C(=O)C1N(CCCCCCO)C(=O)[C@@H]2[C@@H](C(=O)N(CC=C)CCC)[C@H]3CCC12O3. The molecule has 0 saturated carbocycles. The summed E-state index contributed by atoms with van der Waals surface area (Å²) in [6.07, 6.45) is 10.3. The molecular weight excluding hydrogens is 470 g/mol. The van der Waals surface area contributed by atoms with Crippen LogP contribution in [0.4, 0.5) is 0 Å². The predicted octanol–water partition coefficient (Wildman–Crippen LogP) is 3.15. The Morgan fingerprint density at radius 3 is 2.32 bits per heavy atom. The van der Waals surface area contributed by atoms with Crippen molar-refractivity contribution in [3.63, 3.8) is 0 Å². The first-order valence-corrected chi connectivity index (χ1v) is 14.3. The van der Waals surface area contributed by atoms with Gasteiger partial charge in [-0.1, -0.05) is 45.3 Å². The lowest BCUT2D eigenvalue weighted by Gasteiger charge is -2.37. The summed E-state index contributed by atoms with van der Waals surface area (Å²) in [6, 6.07) is -0.721. The second kappa shape index (κ2) is 13.6. The molecule has 3 aliphatic heterocycles. The van der Waals surface area contributed by atoms with Gasteiger partial charge in [0.15, 0.2) is 0 Å². The number of fused-ring (bicyclic) bond motifs is 1. The first kappa shape index (κ1) is 29.4. The van der Waals surface area contributed by atoms with Crippen molar-refractivity contribution in [3.8, 4) is 0 Å². The number of nitrogens with zero attached hydrogens (tertiary/aromatic N) is 3. The summed E-state index contributed by atoms with van der Waals surface area (Å²) < 4.78 is 6.59. The van der Waals surface area contributed by atoms with Crippen LogP contribution in [0.3, 0.4) is 0 Å². The minimum absolute atomic E-state index is 0.0587. The lowest BCUT2D eigenvalue weighted by Crippen LogP contribution is -2.56. The van der Waals surface area contributed by atoms with Gasteiger partial charge in [0.1, 0.15) is 11.6 Å². The van der Waals surface area contributed by atoms with E-state index in [4.69, 9.17) is 9.84 Å². The molecule has 1 spiro atoms. The monoisotopic (exact) mass is 517 g/mol. The molecular formula is C29H47N3O5. The molecule has 3 rings (SSSR count). The number of carbonyl (C=O) groups is 3. The summed E-state index contributed by atoms with van der Waals surface area (Å²) in [6.45, 7) is 14.4. The van der Waals surface area contributed by atoms with E-state index in [9.17, 15) is 14.4 Å². The van der Waals surface area contributed by atoms with Crippen LogP contribution in [0.25, 0.3) is 0 Å². The summed E-state index contributed by atoms with van der Waals surface area (Å²) in [5.41, 5.74) is -0.956. The number of rotatable bonds is 17. The lowest BCUT2D eigenvalue weighted by molar-refractivity contribution is -0.148. The molecule has 0 aromatic carbocycles. The summed E-state index contributed by atoms with van der Waals surface area (Å²) in [5, 5.41) is 9.12. The number of aliphatic hydroxyl groups is 1. The van der Waals surface area contributed by atoms with E-state index in [1.54, 1.807) is 26.9 Å². The van der Waals surface area contributed by atoms with E-state index in [2.05, 4.69) is 20.1 Å². The normalized spacial score (nSPS) is 27.9. The number of ether oxygens (including phenoxy) is 1. The Hall–Kier alpha value is -2.19. The van der Waals surface area contributed by atoms with Gasteiger partial charge in [0.2, 0.25) is 17.7 Å². The van der Waals surface area contributed by atoms with Gasteiger partial charge in [-0.3, -0.25) is 14.4 Å². The Kier molecular flexibility index (Phi) is 10.8. The third kappa shape index (κ3) is 5.80. The maximum Gasteiger partial charge on any atom is 0.248 e. The summed E-state index contributed by atoms with van der Waals surface area (Å²) >= 11 is 0. The smallest absolute Gasteiger partial charge is 0.248 e. The van der Waals surface area contributed by atoms with Crippen LogP contribution < -0.4 is 0 Å². The number of hydrogen-bond donors (Lipinski definition) is 1. The van der Waals surface area contributed by atoms with Crippen molar-refractivity contribution in [1.29, 1.82) is 0 Å². The number of likely N-dealkylation sites (tertiary alicyclic amines) is 1. The fourth-order valence-corrected chi connectivity index (χ4v) is 6.60. The van der Waals surface area contributed by atoms with Crippen molar-refractivity contribution in [1.82, 2.24) is 14.7 Å². The van der Waals surface area contributed by atoms with Crippen molar-refractivity contribution >= 4 is 17.7 Å². The minimum atomic E-state index is -0.956. The molecule has 2 bridgehead atoms. The molecule has 1 N–H and O–H groups in total. The van der Waals surface area contributed by atoms with Crippen LogP contribution >= 0.6 is 0 Å². The predicted molar refractivity (Wildman–Crippen MR) is 144 cm³/mol. The Morgan fingerprint density at radius 2 is 1.70 bits per heavy atom. The van der Waals surface area contributed by atoms with E-state index in [1.165, 1.54) is 0 Å². The first-order valence-electron chi connectivity index (χ1n) is 14.3. The number of unbranched alkanes of at least 4 members (excludes halogenated alkanes) is 4. The van der Waals surface area contributed by atoms with Crippen LogP contribution in [0.15, 0.2) is 25.3 Å². The van der Waals surface area contributed by atoms with Crippen molar-refractivity contribution in [3.05, 3.63) is 25.3 Å². The molecule has 3 fully saturated rings. The number of amides is 3. The molecule has 0 aromatic heterocycles. The van der Waals surface area contributed by atoms with E-state index in [0.29, 0.717) is 45.6 Å². The molecule has 0 aromatic rings. The summed E-state index contributed by atoms with van der Waals surface area (Å²) in [4.78, 5) is 47.3. The van der Waals surface area contributed by atoms with Crippen molar-refractivity contribution in [2.45, 2.75) is 89.4 Å². The molecule has 3 saturated heterocycles. The highest BCUT2D eigenvalue weighted by Gasteiger charge is 2.74. The van der Waals surface area contributed by atoms with Crippen LogP contribution in [0.1, 0.15) is 71.6 Å². The Labute approximate surface area is 222 Å². The number of carbonyl (C=O) groups excluding carboxylic acids is 3. The molecule has 0 radical (unpaired) electrons. The Balaban J connectivity index is 1.94. The van der Waals surface area contributed by atoms with Crippen LogP contribution in [-0.2, 0) is 19.1 Å². The lowest BCUT2D eigenvalue weighted by atomic mass is 9.70. The molecule has 0 aliphatic carbocycles. The zero-order chi connectivity index (χ0) is 27.0. The Bertz CT molecular complexity index is 832. The van der Waals surface area contributed by atoms with Crippen LogP contribution in [0.5, 0.6) is 0 Å². The zero-order valence-electron chi connectivity index (χ0n) is 22.9. The van der Waals surface area contributed by atoms with Crippen LogP contribution in [0, 0.1) is 11.8 Å². The molecule has 3 aliphatic rings. The second-order valence-electron chi connectivity index (χ2n) is 10.7. The molecule has 3 heterocycles. The molecule has 37 heavy (non-hydrogen) atoms. The molecule has 3 amide bonds. The first-order chi connectivity index (χ1) is 17.9. The van der Waals surface area contributed by atoms with E-state index in [-0.39, 0.29) is 30.4 Å². The third-order valence-electron chi connectivity index (χ3n) is 8.22. The highest BCUT2D eigenvalue weighted by Crippen LogP contribution is 2.59. The van der Waals surface area contributed by atoms with Crippen molar-refractivity contribution < 1.29 is 24.2 Å². The van der Waals surface area contributed by atoms with Gasteiger partial charge in [0.25, 0.3) is 0 Å². The van der Waals surface area contributed by atoms with Gasteiger partial charge in [0.05, 0.1) is 17.9 Å². The van der Waals surface area contributed by atoms with Gasteiger partial charge in [-0.25, -0.2) is 0 Å². The van der Waals surface area contributed by atoms with E-state index in [1.807, 2.05) is 6.92 Å². The average Bonchev–Trinajstić information content (AvgIpc) is 3.53. The minimum Gasteiger partial charge on any atom is -0.396 e. The number of hydrogen-bond acceptors (Lipinski definition) is 5. The third-order valence-corrected chi connectivity index (χ3v) is 8.22. The maximum absolute atomic E-state index is 14.1. The van der Waals surface area contributed by atoms with Gasteiger partial charge < -0.3 is 24.5 Å². The topological polar surface area (TPSA) is 90.4 Å². The fourth-order valence-electron chi connectivity index (χ4n) is 6.60. The van der Waals surface area contributed by atoms with E-state index >= 15 is 0 Å². The van der Waals surface area contributed by atoms with E-state index in [0.717, 1.165) is 44.9 Å². The van der Waals surface area contributed by atoms with Crippen LogP contribution in [0.2, 0.25) is 0 Å². The van der Waals surface area contributed by atoms with Crippen molar-refractivity contribution in [2.24, 2.45) is 11.8 Å². The average molecular weight is 518 g/mol. The van der Waals surface area contributed by atoms with Crippen LogP contribution in [-0.4, -0.2) is 94.6 Å². The Morgan fingerprint density at radius 1 is 1.03 bits per heavy atom. The van der Waals surface area contributed by atoms with Gasteiger partial charge in [-0.15, -0.1) is 13.2 Å². The number of aliphatic hydroxyl groups excluding tert-OH is 1. The molecule has 208 valence electrons. The molecule has 5 atom stereocenters. The highest BCUT2D eigenvalue weighted by molar-refractivity contribution is 5.99. The molecule has 8 nitrogen and oxygen atoms in total. The summed E-state index contributed by atoms with van der Waals surface area (Å²) in [7, 11) is 0. The second-order valence-corrected chi connectivity index (χ2v) is 10.7. The highest BCUT2D eigenvalue weighted by atomic mass is 16.5. The van der Waals surface area contributed by atoms with Gasteiger partial charge in [-0.05, 0) is 38.5 Å². The maximum atomic E-state index is 14.1. The quantitative estimate of drug-likeness (QED) is 0.236.